The molecule has 0 radical (unpaired) electrons. The van der Waals surface area contributed by atoms with E-state index in [0.717, 1.165) is 22.9 Å². The second kappa shape index (κ2) is 9.51. The van der Waals surface area contributed by atoms with Crippen molar-refractivity contribution in [1.82, 2.24) is 30.3 Å². The van der Waals surface area contributed by atoms with Gasteiger partial charge < -0.3 is 20.1 Å². The summed E-state index contributed by atoms with van der Waals surface area (Å²) in [5.74, 6) is 1.88. The number of fused-ring (bicyclic) bond motifs is 11. The molecule has 10 nitrogen and oxygen atoms in total. The summed E-state index contributed by atoms with van der Waals surface area (Å²) in [5.41, 5.74) is 2.77. The van der Waals surface area contributed by atoms with Crippen LogP contribution in [0.2, 0.25) is 0 Å². The van der Waals surface area contributed by atoms with Crippen molar-refractivity contribution in [2.75, 3.05) is 25.1 Å². The third-order valence-corrected chi connectivity index (χ3v) is 5.09. The highest BCUT2D eigenvalue weighted by Crippen LogP contribution is 2.22. The Bertz CT molecular complexity index is 1260. The van der Waals surface area contributed by atoms with Crippen LogP contribution in [-0.4, -0.2) is 50.6 Å². The number of aromatic nitrogens is 5. The molecule has 6 bridgehead atoms. The standard InChI is InChI=1S/C23H23N7O3/c31-21-6-2-12-32-18-9-7-17(8-10-18)30-22-20(28-29-30)15-25-23(27-22)26-16-4-1-5-19(14-16)33-13-3-11-24-21/h1,4-5,7-10,14-15H,2-3,6,11-13H2,(H,24,31)(H,25,26,27). The maximum atomic E-state index is 12.0. The Hall–Kier alpha value is -4.21. The minimum atomic E-state index is 0.0126. The maximum absolute atomic E-state index is 12.0. The molecule has 168 valence electrons. The van der Waals surface area contributed by atoms with Gasteiger partial charge in [-0.15, -0.1) is 5.10 Å². The highest BCUT2D eigenvalue weighted by Gasteiger charge is 2.11. The van der Waals surface area contributed by atoms with Crippen molar-refractivity contribution in [3.63, 3.8) is 0 Å². The fourth-order valence-electron chi connectivity index (χ4n) is 3.44. The third-order valence-electron chi connectivity index (χ3n) is 5.09. The zero-order valence-electron chi connectivity index (χ0n) is 17.9. The molecule has 0 spiro atoms. The predicted octanol–water partition coefficient (Wildman–Crippen LogP) is 3.01. The molecule has 2 aliphatic heterocycles. The zero-order valence-corrected chi connectivity index (χ0v) is 17.9. The van der Waals surface area contributed by atoms with Crippen molar-refractivity contribution >= 4 is 28.7 Å². The Balaban J connectivity index is 1.44. The van der Waals surface area contributed by atoms with Crippen molar-refractivity contribution in [3.05, 3.63) is 54.7 Å². The number of ether oxygens (including phenoxy) is 2. The number of rotatable bonds is 0. The first-order valence-electron chi connectivity index (χ1n) is 10.8. The Morgan fingerprint density at radius 3 is 2.73 bits per heavy atom. The SMILES string of the molecule is O=C1CCCOc2ccc(cc2)-n2nnc3cnc(nc32)Nc2cccc(c2)OCCCN1. The second-order valence-corrected chi connectivity index (χ2v) is 7.55. The van der Waals surface area contributed by atoms with E-state index in [1.807, 2.05) is 48.5 Å². The maximum Gasteiger partial charge on any atom is 0.229 e. The van der Waals surface area contributed by atoms with Crippen LogP contribution in [0.15, 0.2) is 54.7 Å². The van der Waals surface area contributed by atoms with Gasteiger partial charge >= 0.3 is 0 Å². The van der Waals surface area contributed by atoms with Crippen LogP contribution in [0.3, 0.4) is 0 Å². The molecule has 2 N–H and O–H groups in total. The second-order valence-electron chi connectivity index (χ2n) is 7.55. The summed E-state index contributed by atoms with van der Waals surface area (Å²) in [5, 5.41) is 14.5. The predicted molar refractivity (Wildman–Crippen MR) is 122 cm³/mol. The molecule has 2 aliphatic rings. The summed E-state index contributed by atoms with van der Waals surface area (Å²) in [6, 6.07) is 15.1. The molecular formula is C23H23N7O3. The summed E-state index contributed by atoms with van der Waals surface area (Å²) in [6.45, 7) is 1.52. The lowest BCUT2D eigenvalue weighted by Crippen LogP contribution is -2.25. The highest BCUT2D eigenvalue weighted by molar-refractivity contribution is 5.75. The summed E-state index contributed by atoms with van der Waals surface area (Å²) in [4.78, 5) is 21.0. The van der Waals surface area contributed by atoms with Gasteiger partial charge in [0.15, 0.2) is 11.2 Å². The Kier molecular flexibility index (Phi) is 5.96. The Morgan fingerprint density at radius 2 is 1.82 bits per heavy atom. The van der Waals surface area contributed by atoms with Gasteiger partial charge in [0.25, 0.3) is 0 Å². The number of benzene rings is 2. The average molecular weight is 445 g/mol. The molecule has 33 heavy (non-hydrogen) atoms. The summed E-state index contributed by atoms with van der Waals surface area (Å²) in [7, 11) is 0. The van der Waals surface area contributed by atoms with Crippen LogP contribution in [0.1, 0.15) is 19.3 Å². The van der Waals surface area contributed by atoms with Crippen LogP contribution in [0.5, 0.6) is 11.5 Å². The fraction of sp³-hybridized carbons (Fsp3) is 0.261. The molecule has 0 atom stereocenters. The number of hydrogen-bond acceptors (Lipinski definition) is 8. The van der Waals surface area contributed by atoms with Crippen LogP contribution in [0.25, 0.3) is 16.9 Å². The fourth-order valence-corrected chi connectivity index (χ4v) is 3.44. The lowest BCUT2D eigenvalue weighted by molar-refractivity contribution is -0.121. The molecule has 6 rings (SSSR count). The molecule has 2 aromatic heterocycles. The van der Waals surface area contributed by atoms with Crippen molar-refractivity contribution < 1.29 is 14.3 Å². The molecule has 0 saturated carbocycles. The number of nitrogens with zero attached hydrogens (tertiary/aromatic N) is 5. The lowest BCUT2D eigenvalue weighted by atomic mass is 10.3. The van der Waals surface area contributed by atoms with Crippen LogP contribution in [0, 0.1) is 0 Å². The van der Waals surface area contributed by atoms with Gasteiger partial charge in [0, 0.05) is 24.7 Å². The minimum Gasteiger partial charge on any atom is -0.494 e. The number of nitrogens with one attached hydrogen (secondary N) is 2. The topological polar surface area (TPSA) is 116 Å². The number of hydrogen-bond donors (Lipinski definition) is 2. The molecule has 0 unspecified atom stereocenters. The molecule has 0 saturated heterocycles. The van der Waals surface area contributed by atoms with Crippen molar-refractivity contribution in [2.24, 2.45) is 0 Å². The summed E-state index contributed by atoms with van der Waals surface area (Å²) < 4.78 is 13.2. The van der Waals surface area contributed by atoms with E-state index in [2.05, 4.69) is 30.9 Å². The van der Waals surface area contributed by atoms with Gasteiger partial charge in [-0.05, 0) is 49.2 Å². The first-order valence-corrected chi connectivity index (χ1v) is 10.8. The monoisotopic (exact) mass is 445 g/mol. The van der Waals surface area contributed by atoms with E-state index < -0.39 is 0 Å². The molecular weight excluding hydrogens is 422 g/mol. The van der Waals surface area contributed by atoms with E-state index in [1.165, 1.54) is 0 Å². The van der Waals surface area contributed by atoms with Crippen LogP contribution >= 0.6 is 0 Å². The van der Waals surface area contributed by atoms with E-state index in [1.54, 1.807) is 10.9 Å². The van der Waals surface area contributed by atoms with Crippen molar-refractivity contribution in [2.45, 2.75) is 19.3 Å². The van der Waals surface area contributed by atoms with E-state index in [-0.39, 0.29) is 5.91 Å². The highest BCUT2D eigenvalue weighted by atomic mass is 16.5. The molecule has 4 heterocycles. The smallest absolute Gasteiger partial charge is 0.229 e. The van der Waals surface area contributed by atoms with E-state index in [0.29, 0.717) is 56.1 Å². The van der Waals surface area contributed by atoms with Crippen molar-refractivity contribution in [3.8, 4) is 17.2 Å². The molecule has 4 aromatic rings. The molecule has 10 heteroatoms. The molecule has 1 amide bonds. The normalized spacial score (nSPS) is 15.0. The molecule has 0 fully saturated rings. The summed E-state index contributed by atoms with van der Waals surface area (Å²) >= 11 is 0. The Morgan fingerprint density at radius 1 is 0.970 bits per heavy atom. The van der Waals surface area contributed by atoms with Gasteiger partial charge in [0.05, 0.1) is 25.1 Å². The first kappa shape index (κ1) is 20.7. The van der Waals surface area contributed by atoms with E-state index in [9.17, 15) is 4.79 Å². The van der Waals surface area contributed by atoms with Gasteiger partial charge in [-0.1, -0.05) is 11.3 Å². The zero-order chi connectivity index (χ0) is 22.5. The molecule has 0 aliphatic carbocycles. The number of anilines is 2. The van der Waals surface area contributed by atoms with Crippen LogP contribution < -0.4 is 20.1 Å². The van der Waals surface area contributed by atoms with Gasteiger partial charge in [-0.25, -0.2) is 4.98 Å². The van der Waals surface area contributed by atoms with Gasteiger partial charge in [0.2, 0.25) is 11.9 Å². The average Bonchev–Trinajstić information content (AvgIpc) is 3.25. The number of carbonyl (C=O) groups excluding carboxylic acids is 1. The first-order chi connectivity index (χ1) is 16.2. The van der Waals surface area contributed by atoms with E-state index in [4.69, 9.17) is 9.47 Å². The summed E-state index contributed by atoms with van der Waals surface area (Å²) in [6.07, 6.45) is 3.40. The van der Waals surface area contributed by atoms with E-state index >= 15 is 0 Å². The third kappa shape index (κ3) is 5.00. The Labute approximate surface area is 189 Å². The van der Waals surface area contributed by atoms with Gasteiger partial charge in [-0.3, -0.25) is 4.79 Å². The van der Waals surface area contributed by atoms with Gasteiger partial charge in [-0.2, -0.15) is 9.67 Å². The largest absolute Gasteiger partial charge is 0.494 e. The van der Waals surface area contributed by atoms with Crippen LogP contribution in [0.4, 0.5) is 11.6 Å². The number of carbonyl (C=O) groups is 1. The van der Waals surface area contributed by atoms with Gasteiger partial charge in [0.1, 0.15) is 11.5 Å². The molecule has 2 aromatic carbocycles. The lowest BCUT2D eigenvalue weighted by Gasteiger charge is -2.11. The van der Waals surface area contributed by atoms with Crippen molar-refractivity contribution in [1.29, 1.82) is 0 Å². The number of amides is 1. The quantitative estimate of drug-likeness (QED) is 0.424. The minimum absolute atomic E-state index is 0.0126. The van der Waals surface area contributed by atoms with Crippen LogP contribution in [-0.2, 0) is 4.79 Å².